The van der Waals surface area contributed by atoms with E-state index in [9.17, 15) is 4.79 Å². The SMILES string of the molecule is CC(SCc1coc(-c2ccccc2)n1)C(=O)Nc1nccs1. The third-order valence-corrected chi connectivity index (χ3v) is 4.95. The summed E-state index contributed by atoms with van der Waals surface area (Å²) in [6.45, 7) is 1.87. The van der Waals surface area contributed by atoms with Crippen molar-refractivity contribution < 1.29 is 9.21 Å². The van der Waals surface area contributed by atoms with Crippen LogP contribution in [0.2, 0.25) is 0 Å². The molecule has 2 heterocycles. The molecule has 0 radical (unpaired) electrons. The molecule has 0 aliphatic heterocycles. The molecule has 2 aromatic heterocycles. The molecule has 7 heteroatoms. The molecule has 118 valence electrons. The second kappa shape index (κ2) is 7.43. The Morgan fingerprint density at radius 3 is 2.96 bits per heavy atom. The number of anilines is 1. The molecule has 0 fully saturated rings. The Balaban J connectivity index is 1.54. The lowest BCUT2D eigenvalue weighted by molar-refractivity contribution is -0.115. The Labute approximate surface area is 142 Å². The predicted molar refractivity (Wildman–Crippen MR) is 93.4 cm³/mol. The number of hydrogen-bond donors (Lipinski definition) is 1. The normalized spacial score (nSPS) is 12.0. The van der Waals surface area contributed by atoms with Crippen molar-refractivity contribution in [3.8, 4) is 11.5 Å². The van der Waals surface area contributed by atoms with Gasteiger partial charge in [0.1, 0.15) is 6.26 Å². The summed E-state index contributed by atoms with van der Waals surface area (Å²) in [6, 6.07) is 9.74. The summed E-state index contributed by atoms with van der Waals surface area (Å²) < 4.78 is 5.50. The number of nitrogens with zero attached hydrogens (tertiary/aromatic N) is 2. The summed E-state index contributed by atoms with van der Waals surface area (Å²) >= 11 is 2.91. The van der Waals surface area contributed by atoms with Crippen LogP contribution in [0.15, 0.2) is 52.6 Å². The highest BCUT2D eigenvalue weighted by Crippen LogP contribution is 2.23. The first-order valence-electron chi connectivity index (χ1n) is 7.04. The van der Waals surface area contributed by atoms with Crippen LogP contribution in [0.4, 0.5) is 5.13 Å². The van der Waals surface area contributed by atoms with Crippen LogP contribution >= 0.6 is 23.1 Å². The van der Waals surface area contributed by atoms with Crippen LogP contribution in [0.1, 0.15) is 12.6 Å². The number of amides is 1. The average Bonchev–Trinajstić information content (AvgIpc) is 3.25. The molecule has 3 aromatic rings. The fourth-order valence-electron chi connectivity index (χ4n) is 1.86. The number of carbonyl (C=O) groups excluding carboxylic acids is 1. The standard InChI is InChI=1S/C16H15N3O2S2/c1-11(14(20)19-16-17-7-8-22-16)23-10-13-9-21-15(18-13)12-5-3-2-4-6-12/h2-9,11H,10H2,1H3,(H,17,19,20). The summed E-state index contributed by atoms with van der Waals surface area (Å²) in [5, 5.41) is 5.04. The van der Waals surface area contributed by atoms with Crippen molar-refractivity contribution in [2.75, 3.05) is 5.32 Å². The second-order valence-corrected chi connectivity index (χ2v) is 7.01. The van der Waals surface area contributed by atoms with Gasteiger partial charge in [-0.05, 0) is 19.1 Å². The van der Waals surface area contributed by atoms with Crippen LogP contribution in [0.5, 0.6) is 0 Å². The maximum absolute atomic E-state index is 12.0. The number of carbonyl (C=O) groups is 1. The van der Waals surface area contributed by atoms with Gasteiger partial charge in [0, 0.05) is 22.9 Å². The molecule has 0 saturated heterocycles. The molecular formula is C16H15N3O2S2. The van der Waals surface area contributed by atoms with Crippen LogP contribution in [-0.4, -0.2) is 21.1 Å². The van der Waals surface area contributed by atoms with E-state index in [1.165, 1.54) is 23.1 Å². The minimum atomic E-state index is -0.198. The van der Waals surface area contributed by atoms with E-state index in [0.717, 1.165) is 11.3 Å². The van der Waals surface area contributed by atoms with E-state index in [2.05, 4.69) is 15.3 Å². The third kappa shape index (κ3) is 4.20. The highest BCUT2D eigenvalue weighted by Gasteiger charge is 2.16. The van der Waals surface area contributed by atoms with Gasteiger partial charge in [-0.1, -0.05) is 18.2 Å². The molecule has 3 rings (SSSR count). The first-order chi connectivity index (χ1) is 11.2. The summed E-state index contributed by atoms with van der Waals surface area (Å²) in [5.41, 5.74) is 1.76. The summed E-state index contributed by atoms with van der Waals surface area (Å²) in [4.78, 5) is 20.6. The van der Waals surface area contributed by atoms with Crippen LogP contribution in [0, 0.1) is 0 Å². The second-order valence-electron chi connectivity index (χ2n) is 4.79. The zero-order chi connectivity index (χ0) is 16.1. The molecule has 0 spiro atoms. The molecule has 1 aromatic carbocycles. The smallest absolute Gasteiger partial charge is 0.238 e. The van der Waals surface area contributed by atoms with Crippen molar-refractivity contribution in [2.24, 2.45) is 0 Å². The molecule has 5 nitrogen and oxygen atoms in total. The highest BCUT2D eigenvalue weighted by molar-refractivity contribution is 7.99. The maximum Gasteiger partial charge on any atom is 0.238 e. The predicted octanol–water partition coefficient (Wildman–Crippen LogP) is 4.06. The number of aromatic nitrogens is 2. The number of thiazole rings is 1. The Hall–Kier alpha value is -2.12. The zero-order valence-corrected chi connectivity index (χ0v) is 14.1. The largest absolute Gasteiger partial charge is 0.444 e. The number of rotatable bonds is 6. The Morgan fingerprint density at radius 1 is 1.39 bits per heavy atom. The lowest BCUT2D eigenvalue weighted by Gasteiger charge is -2.09. The Bertz CT molecular complexity index is 757. The lowest BCUT2D eigenvalue weighted by Crippen LogP contribution is -2.22. The quantitative estimate of drug-likeness (QED) is 0.730. The molecule has 0 bridgehead atoms. The van der Waals surface area contributed by atoms with Crippen LogP contribution in [-0.2, 0) is 10.5 Å². The number of nitrogens with one attached hydrogen (secondary N) is 1. The lowest BCUT2D eigenvalue weighted by atomic mass is 10.2. The Morgan fingerprint density at radius 2 is 2.22 bits per heavy atom. The molecule has 1 N–H and O–H groups in total. The van der Waals surface area contributed by atoms with Crippen LogP contribution < -0.4 is 5.32 Å². The van der Waals surface area contributed by atoms with Crippen molar-refractivity contribution in [2.45, 2.75) is 17.9 Å². The van der Waals surface area contributed by atoms with E-state index in [-0.39, 0.29) is 11.2 Å². The Kier molecular flexibility index (Phi) is 5.09. The van der Waals surface area contributed by atoms with Crippen molar-refractivity contribution in [3.05, 3.63) is 53.9 Å². The average molecular weight is 345 g/mol. The number of thioether (sulfide) groups is 1. The topological polar surface area (TPSA) is 68.0 Å². The van der Waals surface area contributed by atoms with Gasteiger partial charge in [-0.3, -0.25) is 4.79 Å². The van der Waals surface area contributed by atoms with Gasteiger partial charge in [0.2, 0.25) is 11.8 Å². The fraction of sp³-hybridized carbons (Fsp3) is 0.188. The minimum absolute atomic E-state index is 0.0586. The third-order valence-electron chi connectivity index (χ3n) is 3.09. The van der Waals surface area contributed by atoms with Gasteiger partial charge in [0.15, 0.2) is 5.13 Å². The molecule has 0 aliphatic carbocycles. The first-order valence-corrected chi connectivity index (χ1v) is 8.97. The van der Waals surface area contributed by atoms with Gasteiger partial charge in [-0.15, -0.1) is 23.1 Å². The molecule has 1 atom stereocenters. The van der Waals surface area contributed by atoms with Gasteiger partial charge in [-0.2, -0.15) is 0 Å². The van der Waals surface area contributed by atoms with Crippen LogP contribution in [0.3, 0.4) is 0 Å². The molecule has 0 saturated carbocycles. The molecule has 0 aliphatic rings. The van der Waals surface area contributed by atoms with E-state index in [0.29, 0.717) is 16.8 Å². The minimum Gasteiger partial charge on any atom is -0.444 e. The van der Waals surface area contributed by atoms with Gasteiger partial charge >= 0.3 is 0 Å². The maximum atomic E-state index is 12.0. The summed E-state index contributed by atoms with van der Waals surface area (Å²) in [7, 11) is 0. The van der Waals surface area contributed by atoms with E-state index >= 15 is 0 Å². The van der Waals surface area contributed by atoms with Gasteiger partial charge in [0.05, 0.1) is 10.9 Å². The van der Waals surface area contributed by atoms with E-state index in [4.69, 9.17) is 4.42 Å². The van der Waals surface area contributed by atoms with Gasteiger partial charge < -0.3 is 9.73 Å². The molecule has 1 unspecified atom stereocenters. The zero-order valence-electron chi connectivity index (χ0n) is 12.4. The number of hydrogen-bond acceptors (Lipinski definition) is 6. The summed E-state index contributed by atoms with van der Waals surface area (Å²) in [5.74, 6) is 1.15. The van der Waals surface area contributed by atoms with Crippen LogP contribution in [0.25, 0.3) is 11.5 Å². The fourth-order valence-corrected chi connectivity index (χ4v) is 3.16. The highest BCUT2D eigenvalue weighted by atomic mass is 32.2. The van der Waals surface area contributed by atoms with E-state index < -0.39 is 0 Å². The van der Waals surface area contributed by atoms with E-state index in [1.807, 2.05) is 42.6 Å². The molecular weight excluding hydrogens is 330 g/mol. The first kappa shape index (κ1) is 15.8. The van der Waals surface area contributed by atoms with Gasteiger partial charge in [-0.25, -0.2) is 9.97 Å². The molecule has 23 heavy (non-hydrogen) atoms. The van der Waals surface area contributed by atoms with Crippen molar-refractivity contribution >= 4 is 34.1 Å². The monoisotopic (exact) mass is 345 g/mol. The summed E-state index contributed by atoms with van der Waals surface area (Å²) in [6.07, 6.45) is 3.30. The van der Waals surface area contributed by atoms with E-state index in [1.54, 1.807) is 12.5 Å². The van der Waals surface area contributed by atoms with Crippen molar-refractivity contribution in [1.29, 1.82) is 0 Å². The van der Waals surface area contributed by atoms with Gasteiger partial charge in [0.25, 0.3) is 0 Å². The van der Waals surface area contributed by atoms with Crippen molar-refractivity contribution in [3.63, 3.8) is 0 Å². The molecule has 1 amide bonds. The number of benzene rings is 1. The van der Waals surface area contributed by atoms with Crippen molar-refractivity contribution in [1.82, 2.24) is 9.97 Å². The number of oxazole rings is 1.